The summed E-state index contributed by atoms with van der Waals surface area (Å²) in [5.74, 6) is 0.773. The van der Waals surface area contributed by atoms with Crippen LogP contribution in [0.1, 0.15) is 10.7 Å². The molecule has 1 aromatic carbocycles. The quantitative estimate of drug-likeness (QED) is 0.665. The minimum Gasteiger partial charge on any atom is -0.497 e. The number of hydrogen-bond acceptors (Lipinski definition) is 8. The second-order valence-electron chi connectivity index (χ2n) is 6.81. The molecule has 0 bridgehead atoms. The van der Waals surface area contributed by atoms with E-state index in [0.29, 0.717) is 11.7 Å². The van der Waals surface area contributed by atoms with Crippen molar-refractivity contribution in [2.75, 3.05) is 45.2 Å². The molecule has 7 nitrogen and oxygen atoms in total. The standard InChI is InChI=1S/C19H23N5O2S2/c1-13-20-14(12-27-13)10-23-5-7-24(8-6-23)11-18(25)22-19-21-16-4-3-15(26-2)9-17(16)28-19/h3-4,9,12H,5-8,10-11H2,1-2H3,(H,21,22,25). The SMILES string of the molecule is COc1ccc2nc(NC(=O)CN3CCN(Cc4csc(C)n4)CC3)sc2c1. The third kappa shape index (κ3) is 4.67. The van der Waals surface area contributed by atoms with Crippen molar-refractivity contribution < 1.29 is 9.53 Å². The number of piperazine rings is 1. The molecule has 148 valence electrons. The predicted octanol–water partition coefficient (Wildman–Crippen LogP) is 2.83. The van der Waals surface area contributed by atoms with Crippen LogP contribution in [-0.2, 0) is 11.3 Å². The number of aromatic nitrogens is 2. The highest BCUT2D eigenvalue weighted by molar-refractivity contribution is 7.22. The minimum atomic E-state index is -0.0189. The first kappa shape index (κ1) is 19.3. The van der Waals surface area contributed by atoms with Gasteiger partial charge < -0.3 is 10.1 Å². The van der Waals surface area contributed by atoms with Crippen molar-refractivity contribution in [3.63, 3.8) is 0 Å². The summed E-state index contributed by atoms with van der Waals surface area (Å²) >= 11 is 3.16. The Labute approximate surface area is 172 Å². The molecule has 0 unspecified atom stereocenters. The minimum absolute atomic E-state index is 0.0189. The fourth-order valence-electron chi connectivity index (χ4n) is 3.26. The first-order valence-corrected chi connectivity index (χ1v) is 10.9. The summed E-state index contributed by atoms with van der Waals surface area (Å²) in [4.78, 5) is 26.0. The van der Waals surface area contributed by atoms with Gasteiger partial charge in [0.05, 0.1) is 34.6 Å². The summed E-state index contributed by atoms with van der Waals surface area (Å²) in [6, 6.07) is 5.72. The van der Waals surface area contributed by atoms with Gasteiger partial charge >= 0.3 is 0 Å². The fourth-order valence-corrected chi connectivity index (χ4v) is 4.78. The number of carbonyl (C=O) groups excluding carboxylic acids is 1. The number of anilines is 1. The highest BCUT2D eigenvalue weighted by atomic mass is 32.1. The summed E-state index contributed by atoms with van der Waals surface area (Å²) < 4.78 is 6.24. The highest BCUT2D eigenvalue weighted by Gasteiger charge is 2.20. The number of amides is 1. The van der Waals surface area contributed by atoms with Crippen molar-refractivity contribution in [2.24, 2.45) is 0 Å². The van der Waals surface area contributed by atoms with E-state index in [1.165, 1.54) is 11.3 Å². The zero-order valence-corrected chi connectivity index (χ0v) is 17.6. The number of nitrogens with zero attached hydrogens (tertiary/aromatic N) is 4. The molecular formula is C19H23N5O2S2. The fraction of sp³-hybridized carbons (Fsp3) is 0.421. The lowest BCUT2D eigenvalue weighted by Gasteiger charge is -2.33. The van der Waals surface area contributed by atoms with Gasteiger partial charge in [-0.05, 0) is 25.1 Å². The summed E-state index contributed by atoms with van der Waals surface area (Å²) in [5, 5.41) is 6.80. The Morgan fingerprint density at radius 2 is 2.00 bits per heavy atom. The van der Waals surface area contributed by atoms with Crippen molar-refractivity contribution in [2.45, 2.75) is 13.5 Å². The molecule has 4 rings (SSSR count). The Morgan fingerprint density at radius 1 is 1.21 bits per heavy atom. The molecular weight excluding hydrogens is 394 g/mol. The van der Waals surface area contributed by atoms with Crippen LogP contribution in [0.15, 0.2) is 23.6 Å². The van der Waals surface area contributed by atoms with Gasteiger partial charge in [-0.25, -0.2) is 9.97 Å². The van der Waals surface area contributed by atoms with Crippen LogP contribution in [0.2, 0.25) is 0 Å². The average molecular weight is 418 g/mol. The zero-order valence-electron chi connectivity index (χ0n) is 16.0. The second kappa shape index (κ2) is 8.52. The number of rotatable bonds is 6. The number of hydrogen-bond donors (Lipinski definition) is 1. The number of aryl methyl sites for hydroxylation is 1. The zero-order chi connectivity index (χ0) is 19.5. The van der Waals surface area contributed by atoms with Crippen molar-refractivity contribution in [1.29, 1.82) is 0 Å². The third-order valence-corrected chi connectivity index (χ3v) is 6.48. The lowest BCUT2D eigenvalue weighted by Crippen LogP contribution is -2.48. The maximum Gasteiger partial charge on any atom is 0.240 e. The van der Waals surface area contributed by atoms with Crippen LogP contribution in [0.4, 0.5) is 5.13 Å². The molecule has 0 spiro atoms. The first-order valence-electron chi connectivity index (χ1n) is 9.19. The van der Waals surface area contributed by atoms with Gasteiger partial charge in [-0.1, -0.05) is 11.3 Å². The average Bonchev–Trinajstić information content (AvgIpc) is 3.27. The van der Waals surface area contributed by atoms with Crippen LogP contribution in [0.3, 0.4) is 0 Å². The number of ether oxygens (including phenoxy) is 1. The molecule has 0 atom stereocenters. The lowest BCUT2D eigenvalue weighted by atomic mass is 10.3. The summed E-state index contributed by atoms with van der Waals surface area (Å²) in [6.45, 7) is 6.98. The van der Waals surface area contributed by atoms with E-state index in [1.54, 1.807) is 18.4 Å². The topological polar surface area (TPSA) is 70.6 Å². The van der Waals surface area contributed by atoms with Crippen LogP contribution < -0.4 is 10.1 Å². The van der Waals surface area contributed by atoms with Gasteiger partial charge in [0, 0.05) is 38.1 Å². The van der Waals surface area contributed by atoms with Gasteiger partial charge in [-0.3, -0.25) is 14.6 Å². The monoisotopic (exact) mass is 417 g/mol. The van der Waals surface area contributed by atoms with Crippen molar-refractivity contribution in [3.8, 4) is 5.75 Å². The summed E-state index contributed by atoms with van der Waals surface area (Å²) in [5.41, 5.74) is 2.01. The van der Waals surface area contributed by atoms with Crippen LogP contribution in [0.25, 0.3) is 10.2 Å². The third-order valence-electron chi connectivity index (χ3n) is 4.73. The number of fused-ring (bicyclic) bond motifs is 1. The maximum atomic E-state index is 12.4. The Bertz CT molecular complexity index is 962. The molecule has 1 aliphatic heterocycles. The van der Waals surface area contributed by atoms with Crippen LogP contribution >= 0.6 is 22.7 Å². The number of benzene rings is 1. The smallest absolute Gasteiger partial charge is 0.240 e. The van der Waals surface area contributed by atoms with Crippen LogP contribution in [-0.4, -0.2) is 65.5 Å². The molecule has 1 saturated heterocycles. The molecule has 2 aromatic heterocycles. The number of carbonyl (C=O) groups is 1. The normalized spacial score (nSPS) is 15.8. The predicted molar refractivity (Wildman–Crippen MR) is 113 cm³/mol. The Morgan fingerprint density at radius 3 is 2.71 bits per heavy atom. The maximum absolute atomic E-state index is 12.4. The Kier molecular flexibility index (Phi) is 5.86. The van der Waals surface area contributed by atoms with E-state index in [2.05, 4.69) is 30.5 Å². The molecule has 9 heteroatoms. The number of methoxy groups -OCH3 is 1. The Hall–Kier alpha value is -2.07. The van der Waals surface area contributed by atoms with E-state index in [0.717, 1.165) is 59.4 Å². The van der Waals surface area contributed by atoms with E-state index < -0.39 is 0 Å². The molecule has 0 radical (unpaired) electrons. The van der Waals surface area contributed by atoms with Crippen molar-refractivity contribution in [3.05, 3.63) is 34.3 Å². The Balaban J connectivity index is 1.26. The highest BCUT2D eigenvalue weighted by Crippen LogP contribution is 2.29. The largest absolute Gasteiger partial charge is 0.497 e. The molecule has 0 aliphatic carbocycles. The van der Waals surface area contributed by atoms with Gasteiger partial charge in [0.2, 0.25) is 5.91 Å². The molecule has 1 aliphatic rings. The van der Waals surface area contributed by atoms with E-state index >= 15 is 0 Å². The van der Waals surface area contributed by atoms with Gasteiger partial charge in [-0.2, -0.15) is 0 Å². The molecule has 3 aromatic rings. The first-order chi connectivity index (χ1) is 13.6. The van der Waals surface area contributed by atoms with E-state index in [1.807, 2.05) is 25.1 Å². The van der Waals surface area contributed by atoms with E-state index in [4.69, 9.17) is 4.74 Å². The molecule has 28 heavy (non-hydrogen) atoms. The van der Waals surface area contributed by atoms with Gasteiger partial charge in [0.15, 0.2) is 5.13 Å². The van der Waals surface area contributed by atoms with Gasteiger partial charge in [0.25, 0.3) is 0 Å². The van der Waals surface area contributed by atoms with Gasteiger partial charge in [0.1, 0.15) is 5.75 Å². The van der Waals surface area contributed by atoms with E-state index in [-0.39, 0.29) is 5.91 Å². The molecule has 1 N–H and O–H groups in total. The summed E-state index contributed by atoms with van der Waals surface area (Å²) in [7, 11) is 1.64. The van der Waals surface area contributed by atoms with Crippen LogP contribution in [0, 0.1) is 6.92 Å². The number of thiazole rings is 2. The van der Waals surface area contributed by atoms with Gasteiger partial charge in [-0.15, -0.1) is 11.3 Å². The second-order valence-corrected chi connectivity index (χ2v) is 8.90. The lowest BCUT2D eigenvalue weighted by molar-refractivity contribution is -0.117. The summed E-state index contributed by atoms with van der Waals surface area (Å²) in [6.07, 6.45) is 0. The van der Waals surface area contributed by atoms with Crippen molar-refractivity contribution >= 4 is 43.9 Å². The molecule has 1 amide bonds. The number of nitrogens with one attached hydrogen (secondary N) is 1. The molecule has 3 heterocycles. The molecule has 1 fully saturated rings. The van der Waals surface area contributed by atoms with E-state index in [9.17, 15) is 4.79 Å². The van der Waals surface area contributed by atoms with Crippen LogP contribution in [0.5, 0.6) is 5.75 Å². The van der Waals surface area contributed by atoms with Crippen molar-refractivity contribution in [1.82, 2.24) is 19.8 Å². The molecule has 0 saturated carbocycles.